The monoisotopic (exact) mass is 504 g/mol. The fourth-order valence-corrected chi connectivity index (χ4v) is 4.71. The molecule has 0 spiro atoms. The van der Waals surface area contributed by atoms with Crippen LogP contribution in [0.3, 0.4) is 0 Å². The predicted molar refractivity (Wildman–Crippen MR) is 137 cm³/mol. The molecule has 6 nitrogen and oxygen atoms in total. The fourth-order valence-electron chi connectivity index (χ4n) is 3.51. The Morgan fingerprint density at radius 2 is 1.36 bits per heavy atom. The standard InChI is InChI=1S/C28H25FN2O4S/c29-23-11-17-26(18-12-23)36(33,34)31-27(19-21-7-3-1-4-8-21)28(32)30-24-13-15-25(16-14-24)35-20-22-9-5-2-6-10-22/h1-18,27,31H,19-20H2,(H,30,32)/t27-/m0/s1. The Bertz CT molecular complexity index is 1380. The van der Waals surface area contributed by atoms with E-state index in [1.54, 1.807) is 24.3 Å². The number of halogens is 1. The molecule has 0 saturated heterocycles. The normalized spacial score (nSPS) is 12.0. The number of anilines is 1. The number of rotatable bonds is 10. The average molecular weight is 505 g/mol. The van der Waals surface area contributed by atoms with Gasteiger partial charge in [-0.1, -0.05) is 60.7 Å². The van der Waals surface area contributed by atoms with Crippen LogP contribution in [0.1, 0.15) is 11.1 Å². The van der Waals surface area contributed by atoms with Gasteiger partial charge < -0.3 is 10.1 Å². The molecule has 2 N–H and O–H groups in total. The molecule has 0 radical (unpaired) electrons. The zero-order valence-corrected chi connectivity index (χ0v) is 20.1. The molecule has 4 aromatic carbocycles. The minimum atomic E-state index is -4.07. The van der Waals surface area contributed by atoms with Gasteiger partial charge in [-0.15, -0.1) is 0 Å². The number of carbonyl (C=O) groups is 1. The van der Waals surface area contributed by atoms with Crippen LogP contribution in [-0.4, -0.2) is 20.4 Å². The number of sulfonamides is 1. The maximum atomic E-state index is 13.3. The molecule has 4 aromatic rings. The van der Waals surface area contributed by atoms with Crippen molar-refractivity contribution in [2.75, 3.05) is 5.32 Å². The summed E-state index contributed by atoms with van der Waals surface area (Å²) in [4.78, 5) is 13.0. The van der Waals surface area contributed by atoms with Crippen LogP contribution >= 0.6 is 0 Å². The highest BCUT2D eigenvalue weighted by Crippen LogP contribution is 2.18. The summed E-state index contributed by atoms with van der Waals surface area (Å²) in [6.45, 7) is 0.414. The molecule has 36 heavy (non-hydrogen) atoms. The first kappa shape index (κ1) is 25.1. The van der Waals surface area contributed by atoms with E-state index in [0.29, 0.717) is 18.0 Å². The van der Waals surface area contributed by atoms with Gasteiger partial charge in [0, 0.05) is 5.69 Å². The molecule has 1 amide bonds. The summed E-state index contributed by atoms with van der Waals surface area (Å²) in [6, 6.07) is 29.0. The summed E-state index contributed by atoms with van der Waals surface area (Å²) in [5, 5.41) is 2.77. The van der Waals surface area contributed by atoms with E-state index in [9.17, 15) is 17.6 Å². The van der Waals surface area contributed by atoms with E-state index < -0.39 is 27.8 Å². The summed E-state index contributed by atoms with van der Waals surface area (Å²) in [5.74, 6) is -0.444. The first-order chi connectivity index (χ1) is 17.4. The summed E-state index contributed by atoms with van der Waals surface area (Å²) < 4.78 is 47.3. The van der Waals surface area contributed by atoms with Crippen molar-refractivity contribution in [1.29, 1.82) is 0 Å². The molecule has 0 fully saturated rings. The van der Waals surface area contributed by atoms with Gasteiger partial charge in [-0.25, -0.2) is 12.8 Å². The largest absolute Gasteiger partial charge is 0.489 e. The van der Waals surface area contributed by atoms with Crippen LogP contribution in [0, 0.1) is 5.82 Å². The third-order valence-corrected chi connectivity index (χ3v) is 6.88. The highest BCUT2D eigenvalue weighted by atomic mass is 32.2. The van der Waals surface area contributed by atoms with E-state index >= 15 is 0 Å². The minimum Gasteiger partial charge on any atom is -0.489 e. The lowest BCUT2D eigenvalue weighted by atomic mass is 10.1. The summed E-state index contributed by atoms with van der Waals surface area (Å²) in [7, 11) is -4.07. The molecule has 0 heterocycles. The minimum absolute atomic E-state index is 0.130. The molecule has 0 aliphatic heterocycles. The van der Waals surface area contributed by atoms with Crippen LogP contribution in [0.4, 0.5) is 10.1 Å². The molecule has 8 heteroatoms. The van der Waals surface area contributed by atoms with E-state index in [0.717, 1.165) is 35.4 Å². The maximum absolute atomic E-state index is 13.3. The Labute approximate surface area is 209 Å². The van der Waals surface area contributed by atoms with Crippen LogP contribution in [0.5, 0.6) is 5.75 Å². The van der Waals surface area contributed by atoms with Gasteiger partial charge >= 0.3 is 0 Å². The topological polar surface area (TPSA) is 84.5 Å². The van der Waals surface area contributed by atoms with E-state index in [2.05, 4.69) is 10.0 Å². The average Bonchev–Trinajstić information content (AvgIpc) is 2.89. The first-order valence-corrected chi connectivity index (χ1v) is 12.8. The predicted octanol–water partition coefficient (Wildman–Crippen LogP) is 4.93. The number of amides is 1. The van der Waals surface area contributed by atoms with Crippen molar-refractivity contribution in [2.45, 2.75) is 24.0 Å². The molecule has 0 unspecified atom stereocenters. The Hall–Kier alpha value is -4.01. The number of hydrogen-bond donors (Lipinski definition) is 2. The van der Waals surface area contributed by atoms with Gasteiger partial charge in [-0.2, -0.15) is 4.72 Å². The SMILES string of the molecule is O=C(Nc1ccc(OCc2ccccc2)cc1)[C@H](Cc1ccccc1)NS(=O)(=O)c1ccc(F)cc1. The van der Waals surface area contributed by atoms with Crippen molar-refractivity contribution in [2.24, 2.45) is 0 Å². The maximum Gasteiger partial charge on any atom is 0.242 e. The van der Waals surface area contributed by atoms with Gasteiger partial charge in [0.15, 0.2) is 0 Å². The lowest BCUT2D eigenvalue weighted by Gasteiger charge is -2.19. The Balaban J connectivity index is 1.46. The third kappa shape index (κ3) is 7.00. The molecule has 184 valence electrons. The molecule has 1 atom stereocenters. The fraction of sp³-hybridized carbons (Fsp3) is 0.107. The third-order valence-electron chi connectivity index (χ3n) is 5.39. The van der Waals surface area contributed by atoms with Gasteiger partial charge in [-0.3, -0.25) is 4.79 Å². The van der Waals surface area contributed by atoms with Crippen molar-refractivity contribution in [3.63, 3.8) is 0 Å². The van der Waals surface area contributed by atoms with E-state index in [4.69, 9.17) is 4.74 Å². The van der Waals surface area contributed by atoms with Crippen LogP contribution in [0.15, 0.2) is 114 Å². The number of carbonyl (C=O) groups excluding carboxylic acids is 1. The zero-order valence-electron chi connectivity index (χ0n) is 19.3. The molecule has 0 bridgehead atoms. The van der Waals surface area contributed by atoms with Gasteiger partial charge in [0.1, 0.15) is 24.2 Å². The summed E-state index contributed by atoms with van der Waals surface area (Å²) in [6.07, 6.45) is 0.130. The van der Waals surface area contributed by atoms with Gasteiger partial charge in [0.05, 0.1) is 4.90 Å². The molecule has 0 aromatic heterocycles. The van der Waals surface area contributed by atoms with Crippen molar-refractivity contribution in [3.8, 4) is 5.75 Å². The quantitative estimate of drug-likeness (QED) is 0.321. The van der Waals surface area contributed by atoms with Crippen LogP contribution < -0.4 is 14.8 Å². The molecule has 0 aliphatic rings. The second-order valence-corrected chi connectivity index (χ2v) is 9.82. The van der Waals surface area contributed by atoms with Crippen molar-refractivity contribution in [1.82, 2.24) is 4.72 Å². The highest BCUT2D eigenvalue weighted by Gasteiger charge is 2.26. The van der Waals surface area contributed by atoms with Gasteiger partial charge in [0.25, 0.3) is 0 Å². The lowest BCUT2D eigenvalue weighted by molar-refractivity contribution is -0.117. The van der Waals surface area contributed by atoms with Gasteiger partial charge in [-0.05, 0) is 66.1 Å². The molecule has 0 saturated carbocycles. The Kier molecular flexibility index (Phi) is 8.10. The summed E-state index contributed by atoms with van der Waals surface area (Å²) >= 11 is 0. The van der Waals surface area contributed by atoms with Crippen LogP contribution in [0.2, 0.25) is 0 Å². The Morgan fingerprint density at radius 1 is 0.778 bits per heavy atom. The molecule has 0 aliphatic carbocycles. The molecular weight excluding hydrogens is 479 g/mol. The lowest BCUT2D eigenvalue weighted by Crippen LogP contribution is -2.45. The number of hydrogen-bond acceptors (Lipinski definition) is 4. The number of nitrogens with one attached hydrogen (secondary N) is 2. The van der Waals surface area contributed by atoms with Gasteiger partial charge in [0.2, 0.25) is 15.9 Å². The zero-order chi connectivity index (χ0) is 25.4. The van der Waals surface area contributed by atoms with Crippen molar-refractivity contribution >= 4 is 21.6 Å². The summed E-state index contributed by atoms with van der Waals surface area (Å²) in [5.41, 5.74) is 2.31. The van der Waals surface area contributed by atoms with Crippen molar-refractivity contribution < 1.29 is 22.3 Å². The smallest absolute Gasteiger partial charge is 0.242 e. The van der Waals surface area contributed by atoms with E-state index in [-0.39, 0.29) is 11.3 Å². The second-order valence-electron chi connectivity index (χ2n) is 8.11. The van der Waals surface area contributed by atoms with E-state index in [1.807, 2.05) is 60.7 Å². The highest BCUT2D eigenvalue weighted by molar-refractivity contribution is 7.89. The first-order valence-electron chi connectivity index (χ1n) is 11.3. The van der Waals surface area contributed by atoms with Crippen molar-refractivity contribution in [3.05, 3.63) is 126 Å². The van der Waals surface area contributed by atoms with E-state index in [1.165, 1.54) is 0 Å². The molecular formula is C28H25FN2O4S. The number of ether oxygens (including phenoxy) is 1. The Morgan fingerprint density at radius 3 is 1.97 bits per heavy atom. The second kappa shape index (κ2) is 11.6. The van der Waals surface area contributed by atoms with Crippen LogP contribution in [0.25, 0.3) is 0 Å². The molecule has 4 rings (SSSR count). The number of benzene rings is 4. The van der Waals surface area contributed by atoms with Crippen LogP contribution in [-0.2, 0) is 27.8 Å².